The van der Waals surface area contributed by atoms with Crippen LogP contribution < -0.4 is 5.73 Å². The van der Waals surface area contributed by atoms with Gasteiger partial charge in [0.15, 0.2) is 0 Å². The summed E-state index contributed by atoms with van der Waals surface area (Å²) in [6.07, 6.45) is 2.13. The minimum atomic E-state index is -0.155. The molecular weight excluding hydrogens is 262 g/mol. The zero-order chi connectivity index (χ0) is 15.1. The molecule has 0 aliphatic carbocycles. The molecule has 0 spiro atoms. The molecular formula is C18H21NO2. The van der Waals surface area contributed by atoms with Gasteiger partial charge >= 0.3 is 5.97 Å². The van der Waals surface area contributed by atoms with E-state index in [2.05, 4.69) is 29.0 Å². The van der Waals surface area contributed by atoms with Gasteiger partial charge < -0.3 is 10.5 Å². The molecule has 0 aromatic heterocycles. The van der Waals surface area contributed by atoms with Gasteiger partial charge in [-0.3, -0.25) is 4.79 Å². The highest BCUT2D eigenvalue weighted by atomic mass is 16.5. The Hall–Kier alpha value is -2.13. The third-order valence-electron chi connectivity index (χ3n) is 3.57. The summed E-state index contributed by atoms with van der Waals surface area (Å²) in [4.78, 5) is 11.1. The van der Waals surface area contributed by atoms with Crippen LogP contribution in [-0.4, -0.2) is 13.1 Å². The third-order valence-corrected chi connectivity index (χ3v) is 3.57. The van der Waals surface area contributed by atoms with Crippen molar-refractivity contribution < 1.29 is 9.53 Å². The van der Waals surface area contributed by atoms with Gasteiger partial charge in [0.05, 0.1) is 13.2 Å². The highest BCUT2D eigenvalue weighted by Gasteiger charge is 2.08. The lowest BCUT2D eigenvalue weighted by Gasteiger charge is -2.13. The van der Waals surface area contributed by atoms with Crippen molar-refractivity contribution in [2.45, 2.75) is 25.3 Å². The second-order valence-electron chi connectivity index (χ2n) is 5.06. The first kappa shape index (κ1) is 15.3. The zero-order valence-corrected chi connectivity index (χ0v) is 12.3. The number of methoxy groups -OCH3 is 1. The monoisotopic (exact) mass is 283 g/mol. The summed E-state index contributed by atoms with van der Waals surface area (Å²) in [7, 11) is 1.42. The van der Waals surface area contributed by atoms with Crippen LogP contribution in [0.25, 0.3) is 0 Å². The van der Waals surface area contributed by atoms with Gasteiger partial charge in [0, 0.05) is 6.42 Å². The second-order valence-corrected chi connectivity index (χ2v) is 5.06. The van der Waals surface area contributed by atoms with E-state index in [1.54, 1.807) is 0 Å². The van der Waals surface area contributed by atoms with E-state index in [1.807, 2.05) is 30.3 Å². The lowest BCUT2D eigenvalue weighted by molar-refractivity contribution is -0.140. The average molecular weight is 283 g/mol. The third kappa shape index (κ3) is 4.43. The molecule has 0 fully saturated rings. The number of rotatable bonds is 6. The summed E-state index contributed by atoms with van der Waals surface area (Å²) in [5.74, 6) is -0.155. The lowest BCUT2D eigenvalue weighted by atomic mass is 9.97. The molecule has 3 nitrogen and oxygen atoms in total. The van der Waals surface area contributed by atoms with Gasteiger partial charge in [0.1, 0.15) is 0 Å². The smallest absolute Gasteiger partial charge is 0.305 e. The van der Waals surface area contributed by atoms with E-state index >= 15 is 0 Å². The standard InChI is InChI=1S/C18H21NO2/c1-21-17(20)9-5-6-14-10-12-16(13-11-14)18(19)15-7-3-2-4-8-15/h2-4,7-8,10-13,18H,5-6,9,19H2,1H3/t18-/m0/s1. The van der Waals surface area contributed by atoms with Gasteiger partial charge in [-0.15, -0.1) is 0 Å². The Morgan fingerprint density at radius 3 is 2.29 bits per heavy atom. The number of carbonyl (C=O) groups excluding carboxylic acids is 1. The van der Waals surface area contributed by atoms with Crippen molar-refractivity contribution >= 4 is 5.97 Å². The maximum atomic E-state index is 11.1. The second kappa shape index (κ2) is 7.60. The van der Waals surface area contributed by atoms with E-state index in [0.29, 0.717) is 6.42 Å². The van der Waals surface area contributed by atoms with Gasteiger partial charge in [-0.05, 0) is 29.5 Å². The minimum absolute atomic E-state index is 0.102. The number of aryl methyl sites for hydroxylation is 1. The Kier molecular flexibility index (Phi) is 5.52. The first-order valence-electron chi connectivity index (χ1n) is 7.17. The van der Waals surface area contributed by atoms with Crippen molar-refractivity contribution in [2.75, 3.05) is 7.11 Å². The van der Waals surface area contributed by atoms with E-state index in [1.165, 1.54) is 12.7 Å². The largest absolute Gasteiger partial charge is 0.469 e. The SMILES string of the molecule is COC(=O)CCCc1ccc([C@@H](N)c2ccccc2)cc1. The molecule has 0 aliphatic heterocycles. The fraction of sp³-hybridized carbons (Fsp3) is 0.278. The Balaban J connectivity index is 1.94. The van der Waals surface area contributed by atoms with Gasteiger partial charge in [-0.2, -0.15) is 0 Å². The number of nitrogens with two attached hydrogens (primary N) is 1. The highest BCUT2D eigenvalue weighted by Crippen LogP contribution is 2.20. The molecule has 0 unspecified atom stereocenters. The van der Waals surface area contributed by atoms with E-state index in [0.717, 1.165) is 24.0 Å². The zero-order valence-electron chi connectivity index (χ0n) is 12.3. The van der Waals surface area contributed by atoms with Crippen LogP contribution in [0.4, 0.5) is 0 Å². The summed E-state index contributed by atoms with van der Waals surface area (Å²) >= 11 is 0. The molecule has 0 saturated carbocycles. The van der Waals surface area contributed by atoms with E-state index in [4.69, 9.17) is 5.73 Å². The van der Waals surface area contributed by atoms with Gasteiger partial charge in [0.25, 0.3) is 0 Å². The minimum Gasteiger partial charge on any atom is -0.469 e. The summed E-state index contributed by atoms with van der Waals surface area (Å²) < 4.78 is 4.63. The molecule has 2 aromatic carbocycles. The van der Waals surface area contributed by atoms with Crippen molar-refractivity contribution in [2.24, 2.45) is 5.73 Å². The van der Waals surface area contributed by atoms with Crippen LogP contribution in [0, 0.1) is 0 Å². The van der Waals surface area contributed by atoms with Gasteiger partial charge in [0.2, 0.25) is 0 Å². The summed E-state index contributed by atoms with van der Waals surface area (Å²) in [6.45, 7) is 0. The molecule has 110 valence electrons. The average Bonchev–Trinajstić information content (AvgIpc) is 2.55. The Bertz CT molecular complexity index is 564. The number of ether oxygens (including phenoxy) is 1. The molecule has 0 saturated heterocycles. The molecule has 21 heavy (non-hydrogen) atoms. The Morgan fingerprint density at radius 2 is 1.67 bits per heavy atom. The van der Waals surface area contributed by atoms with Crippen molar-refractivity contribution in [3.8, 4) is 0 Å². The van der Waals surface area contributed by atoms with Crippen LogP contribution >= 0.6 is 0 Å². The van der Waals surface area contributed by atoms with Crippen LogP contribution in [0.2, 0.25) is 0 Å². The number of hydrogen-bond acceptors (Lipinski definition) is 3. The Morgan fingerprint density at radius 1 is 1.05 bits per heavy atom. The molecule has 0 radical (unpaired) electrons. The van der Waals surface area contributed by atoms with Crippen LogP contribution in [0.5, 0.6) is 0 Å². The lowest BCUT2D eigenvalue weighted by Crippen LogP contribution is -2.11. The predicted molar refractivity (Wildman–Crippen MR) is 83.9 cm³/mol. The topological polar surface area (TPSA) is 52.3 Å². The van der Waals surface area contributed by atoms with Crippen molar-refractivity contribution in [1.29, 1.82) is 0 Å². The quantitative estimate of drug-likeness (QED) is 0.828. The van der Waals surface area contributed by atoms with Crippen LogP contribution in [0.15, 0.2) is 54.6 Å². The summed E-state index contributed by atoms with van der Waals surface area (Å²) in [6, 6.07) is 18.2. The molecule has 0 bridgehead atoms. The number of benzene rings is 2. The predicted octanol–water partition coefficient (Wildman–Crippen LogP) is 3.23. The molecule has 0 aliphatic rings. The molecule has 1 atom stereocenters. The van der Waals surface area contributed by atoms with Crippen LogP contribution in [-0.2, 0) is 16.0 Å². The van der Waals surface area contributed by atoms with Gasteiger partial charge in [-0.1, -0.05) is 54.6 Å². The summed E-state index contributed by atoms with van der Waals surface area (Å²) in [5, 5.41) is 0. The molecule has 3 heteroatoms. The van der Waals surface area contributed by atoms with Crippen molar-refractivity contribution in [3.63, 3.8) is 0 Å². The maximum absolute atomic E-state index is 11.1. The molecule has 2 N–H and O–H groups in total. The van der Waals surface area contributed by atoms with E-state index in [-0.39, 0.29) is 12.0 Å². The van der Waals surface area contributed by atoms with Crippen LogP contribution in [0.3, 0.4) is 0 Å². The fourth-order valence-corrected chi connectivity index (χ4v) is 2.28. The maximum Gasteiger partial charge on any atom is 0.305 e. The van der Waals surface area contributed by atoms with Gasteiger partial charge in [-0.25, -0.2) is 0 Å². The number of esters is 1. The van der Waals surface area contributed by atoms with E-state index < -0.39 is 0 Å². The van der Waals surface area contributed by atoms with Crippen LogP contribution in [0.1, 0.15) is 35.6 Å². The normalized spacial score (nSPS) is 11.9. The first-order chi connectivity index (χ1) is 10.2. The molecule has 0 heterocycles. The Labute approximate surface area is 125 Å². The summed E-state index contributed by atoms with van der Waals surface area (Å²) in [5.41, 5.74) is 9.68. The highest BCUT2D eigenvalue weighted by molar-refractivity contribution is 5.69. The number of hydrogen-bond donors (Lipinski definition) is 1. The first-order valence-corrected chi connectivity index (χ1v) is 7.17. The van der Waals surface area contributed by atoms with E-state index in [9.17, 15) is 4.79 Å². The van der Waals surface area contributed by atoms with Crippen molar-refractivity contribution in [3.05, 3.63) is 71.3 Å². The van der Waals surface area contributed by atoms with Crippen molar-refractivity contribution in [1.82, 2.24) is 0 Å². The molecule has 2 aromatic rings. The molecule has 2 rings (SSSR count). The number of carbonyl (C=O) groups is 1. The molecule has 0 amide bonds. The fourth-order valence-electron chi connectivity index (χ4n) is 2.28.